The topological polar surface area (TPSA) is 92.5 Å². The van der Waals surface area contributed by atoms with Crippen molar-refractivity contribution in [3.05, 3.63) is 40.5 Å². The summed E-state index contributed by atoms with van der Waals surface area (Å²) in [6.07, 6.45) is 8.40. The van der Waals surface area contributed by atoms with E-state index in [0.29, 0.717) is 11.8 Å². The van der Waals surface area contributed by atoms with Crippen molar-refractivity contribution in [1.82, 2.24) is 0 Å². The van der Waals surface area contributed by atoms with Crippen LogP contribution in [0.25, 0.3) is 0 Å². The number of nitro groups is 1. The molecular formula is C16H18N2O4. The summed E-state index contributed by atoms with van der Waals surface area (Å²) in [6.45, 7) is 0. The monoisotopic (exact) mass is 302 g/mol. The Kier molecular flexibility index (Phi) is 3.83. The van der Waals surface area contributed by atoms with E-state index in [9.17, 15) is 20.0 Å². The molecule has 6 heteroatoms. The number of hydrogen-bond donors (Lipinski definition) is 2. The first kappa shape index (κ1) is 14.6. The highest BCUT2D eigenvalue weighted by Crippen LogP contribution is 2.53. The third kappa shape index (κ3) is 2.81. The van der Waals surface area contributed by atoms with Gasteiger partial charge in [-0.15, -0.1) is 0 Å². The molecule has 1 aromatic rings. The molecule has 0 radical (unpaired) electrons. The lowest BCUT2D eigenvalue weighted by atomic mass is 10.1. The maximum absolute atomic E-state index is 12.4. The molecule has 2 aliphatic rings. The Morgan fingerprint density at radius 2 is 1.86 bits per heavy atom. The zero-order valence-electron chi connectivity index (χ0n) is 12.1. The number of phenols is 1. The van der Waals surface area contributed by atoms with Crippen LogP contribution < -0.4 is 5.32 Å². The number of amides is 1. The molecule has 2 atom stereocenters. The number of aromatic hydroxyl groups is 1. The zero-order chi connectivity index (χ0) is 15.7. The molecule has 0 saturated heterocycles. The van der Waals surface area contributed by atoms with E-state index >= 15 is 0 Å². The highest BCUT2D eigenvalue weighted by Gasteiger charge is 2.53. The van der Waals surface area contributed by atoms with Gasteiger partial charge in [0.2, 0.25) is 5.91 Å². The van der Waals surface area contributed by atoms with Gasteiger partial charge in [0, 0.05) is 12.0 Å². The molecule has 116 valence electrons. The fraction of sp³-hybridized carbons (Fsp3) is 0.438. The van der Waals surface area contributed by atoms with Gasteiger partial charge in [-0.3, -0.25) is 14.9 Å². The lowest BCUT2D eigenvalue weighted by Crippen LogP contribution is -2.15. The van der Waals surface area contributed by atoms with Crippen LogP contribution >= 0.6 is 0 Å². The van der Waals surface area contributed by atoms with Crippen molar-refractivity contribution in [2.75, 3.05) is 5.32 Å². The number of carbonyl (C=O) groups excluding carboxylic acids is 1. The number of carbonyl (C=O) groups is 1. The Labute approximate surface area is 128 Å². The molecule has 1 aromatic carbocycles. The second-order valence-electron chi connectivity index (χ2n) is 5.93. The Morgan fingerprint density at radius 3 is 2.41 bits per heavy atom. The van der Waals surface area contributed by atoms with Gasteiger partial charge in [0.25, 0.3) is 5.69 Å². The lowest BCUT2D eigenvalue weighted by Gasteiger charge is -2.07. The normalized spacial score (nSPS) is 26.5. The molecule has 3 rings (SSSR count). The standard InChI is InChI=1S/C16H18N2O4/c19-14-9-10(18(21)22)7-8-13(14)17-16(20)15-11-5-3-1-2-4-6-12(11)15/h1-2,7-9,11-12,15,19H,3-6H2,(H,17,20). The summed E-state index contributed by atoms with van der Waals surface area (Å²) in [6, 6.07) is 3.70. The van der Waals surface area contributed by atoms with Crippen LogP contribution in [0, 0.1) is 27.9 Å². The smallest absolute Gasteiger partial charge is 0.273 e. The Bertz CT molecular complexity index is 625. The van der Waals surface area contributed by atoms with Crippen molar-refractivity contribution in [3.8, 4) is 5.75 Å². The number of benzene rings is 1. The van der Waals surface area contributed by atoms with Gasteiger partial charge in [0.05, 0.1) is 16.7 Å². The highest BCUT2D eigenvalue weighted by molar-refractivity contribution is 5.96. The number of nitrogens with one attached hydrogen (secondary N) is 1. The van der Waals surface area contributed by atoms with Crippen LogP contribution in [-0.4, -0.2) is 15.9 Å². The minimum absolute atomic E-state index is 0.00510. The van der Waals surface area contributed by atoms with Gasteiger partial charge < -0.3 is 10.4 Å². The summed E-state index contributed by atoms with van der Waals surface area (Å²) in [5.74, 6) is 0.466. The van der Waals surface area contributed by atoms with E-state index in [1.807, 2.05) is 0 Å². The number of rotatable bonds is 3. The summed E-state index contributed by atoms with van der Waals surface area (Å²) < 4.78 is 0. The van der Waals surface area contributed by atoms with Gasteiger partial charge >= 0.3 is 0 Å². The van der Waals surface area contributed by atoms with Crippen molar-refractivity contribution in [3.63, 3.8) is 0 Å². The number of allylic oxidation sites excluding steroid dienone is 2. The van der Waals surface area contributed by atoms with Crippen LogP contribution in [0.4, 0.5) is 11.4 Å². The van der Waals surface area contributed by atoms with Crippen LogP contribution in [0.15, 0.2) is 30.4 Å². The maximum atomic E-state index is 12.4. The third-order valence-electron chi connectivity index (χ3n) is 4.58. The summed E-state index contributed by atoms with van der Waals surface area (Å²) in [5.41, 5.74) is 0.0302. The molecule has 0 spiro atoms. The molecule has 1 saturated carbocycles. The van der Waals surface area contributed by atoms with E-state index in [1.165, 1.54) is 12.1 Å². The number of non-ortho nitro benzene ring substituents is 1. The molecule has 0 aliphatic heterocycles. The van der Waals surface area contributed by atoms with E-state index in [-0.39, 0.29) is 28.9 Å². The summed E-state index contributed by atoms with van der Waals surface area (Å²) in [4.78, 5) is 22.4. The van der Waals surface area contributed by atoms with Crippen LogP contribution in [0.5, 0.6) is 5.75 Å². The molecule has 2 N–H and O–H groups in total. The first-order valence-corrected chi connectivity index (χ1v) is 7.51. The SMILES string of the molecule is O=C(Nc1ccc([N+](=O)[O-])cc1O)C1C2CCC=CCCC21. The van der Waals surface area contributed by atoms with Gasteiger partial charge in [-0.25, -0.2) is 0 Å². The van der Waals surface area contributed by atoms with E-state index in [2.05, 4.69) is 17.5 Å². The predicted molar refractivity (Wildman–Crippen MR) is 81.5 cm³/mol. The molecule has 2 aliphatic carbocycles. The summed E-state index contributed by atoms with van der Waals surface area (Å²) in [5, 5.41) is 23.2. The minimum Gasteiger partial charge on any atom is -0.506 e. The fourth-order valence-corrected chi connectivity index (χ4v) is 3.39. The van der Waals surface area contributed by atoms with Crippen molar-refractivity contribution in [1.29, 1.82) is 0 Å². The second-order valence-corrected chi connectivity index (χ2v) is 5.93. The van der Waals surface area contributed by atoms with Gasteiger partial charge in [-0.05, 0) is 43.6 Å². The minimum atomic E-state index is -0.583. The summed E-state index contributed by atoms with van der Waals surface area (Å²) in [7, 11) is 0. The fourth-order valence-electron chi connectivity index (χ4n) is 3.39. The van der Waals surface area contributed by atoms with E-state index in [4.69, 9.17) is 0 Å². The first-order valence-electron chi connectivity index (χ1n) is 7.51. The van der Waals surface area contributed by atoms with Crippen molar-refractivity contribution >= 4 is 17.3 Å². The largest absolute Gasteiger partial charge is 0.506 e. The number of fused-ring (bicyclic) bond motifs is 1. The highest BCUT2D eigenvalue weighted by atomic mass is 16.6. The van der Waals surface area contributed by atoms with Gasteiger partial charge in [-0.1, -0.05) is 12.2 Å². The molecule has 22 heavy (non-hydrogen) atoms. The summed E-state index contributed by atoms with van der Waals surface area (Å²) >= 11 is 0. The molecule has 1 amide bonds. The number of phenolic OH excluding ortho intramolecular Hbond substituents is 1. The molecule has 0 heterocycles. The number of nitro benzene ring substituents is 1. The quantitative estimate of drug-likeness (QED) is 0.388. The second kappa shape index (κ2) is 5.79. The number of nitrogens with zero attached hydrogens (tertiary/aromatic N) is 1. The average molecular weight is 302 g/mol. The number of hydrogen-bond acceptors (Lipinski definition) is 4. The lowest BCUT2D eigenvalue weighted by molar-refractivity contribution is -0.384. The van der Waals surface area contributed by atoms with Crippen molar-refractivity contribution in [2.45, 2.75) is 25.7 Å². The van der Waals surface area contributed by atoms with Gasteiger partial charge in [0.1, 0.15) is 5.75 Å². The van der Waals surface area contributed by atoms with E-state index < -0.39 is 4.92 Å². The Morgan fingerprint density at radius 1 is 1.23 bits per heavy atom. The van der Waals surface area contributed by atoms with Crippen molar-refractivity contribution in [2.24, 2.45) is 17.8 Å². The van der Waals surface area contributed by atoms with Crippen LogP contribution in [-0.2, 0) is 4.79 Å². The zero-order valence-corrected chi connectivity index (χ0v) is 12.1. The van der Waals surface area contributed by atoms with E-state index in [1.54, 1.807) is 0 Å². The van der Waals surface area contributed by atoms with Crippen LogP contribution in [0.3, 0.4) is 0 Å². The number of anilines is 1. The molecule has 1 fully saturated rings. The average Bonchev–Trinajstić information content (AvgIpc) is 3.12. The molecule has 0 bridgehead atoms. The van der Waals surface area contributed by atoms with Gasteiger partial charge in [0.15, 0.2) is 0 Å². The maximum Gasteiger partial charge on any atom is 0.273 e. The third-order valence-corrected chi connectivity index (χ3v) is 4.58. The molecule has 0 aromatic heterocycles. The molecule has 2 unspecified atom stereocenters. The van der Waals surface area contributed by atoms with Gasteiger partial charge in [-0.2, -0.15) is 0 Å². The molecular weight excluding hydrogens is 284 g/mol. The Hall–Kier alpha value is -2.37. The van der Waals surface area contributed by atoms with Crippen molar-refractivity contribution < 1.29 is 14.8 Å². The first-order chi connectivity index (χ1) is 10.6. The predicted octanol–water partition coefficient (Wildman–Crippen LogP) is 3.23. The van der Waals surface area contributed by atoms with Crippen LogP contribution in [0.2, 0.25) is 0 Å². The Balaban J connectivity index is 1.66. The molecule has 6 nitrogen and oxygen atoms in total. The van der Waals surface area contributed by atoms with E-state index in [0.717, 1.165) is 31.7 Å². The van der Waals surface area contributed by atoms with Crippen LogP contribution in [0.1, 0.15) is 25.7 Å².